The summed E-state index contributed by atoms with van der Waals surface area (Å²) < 4.78 is 11.0. The summed E-state index contributed by atoms with van der Waals surface area (Å²) in [4.78, 5) is 6.91. The van der Waals surface area contributed by atoms with Crippen LogP contribution in [0.25, 0.3) is 22.0 Å². The Morgan fingerprint density at radius 3 is 2.67 bits per heavy atom. The van der Waals surface area contributed by atoms with Gasteiger partial charge in [-0.25, -0.2) is 19.7 Å². The summed E-state index contributed by atoms with van der Waals surface area (Å²) in [5, 5.41) is 5.76. The van der Waals surface area contributed by atoms with Crippen LogP contribution in [0.4, 0.5) is 0 Å². The number of fused-ring (bicyclic) bond motifs is 1. The number of ether oxygens (including phenoxy) is 1. The molecule has 0 saturated carbocycles. The summed E-state index contributed by atoms with van der Waals surface area (Å²) >= 11 is 3.55. The number of likely N-dealkylation sites (tertiary alicyclic amines) is 1. The van der Waals surface area contributed by atoms with Gasteiger partial charge in [0.15, 0.2) is 0 Å². The maximum Gasteiger partial charge on any atom is 0.139 e. The van der Waals surface area contributed by atoms with Gasteiger partial charge in [-0.2, -0.15) is 5.10 Å². The van der Waals surface area contributed by atoms with Crippen LogP contribution in [-0.4, -0.2) is 75.5 Å². The van der Waals surface area contributed by atoms with Crippen molar-refractivity contribution in [3.05, 3.63) is 35.5 Å². The maximum atomic E-state index is 5.86. The lowest BCUT2D eigenvalue weighted by Gasteiger charge is -2.30. The first-order valence-corrected chi connectivity index (χ1v) is 14.2. The lowest BCUT2D eigenvalue weighted by Crippen LogP contribution is -2.31. The molecule has 1 aliphatic rings. The maximum absolute atomic E-state index is 5.86. The summed E-state index contributed by atoms with van der Waals surface area (Å²) in [7, 11) is 1.67. The number of hydrogen-bond acceptors (Lipinski definition) is 4. The second-order valence-corrected chi connectivity index (χ2v) is 14.5. The molecule has 1 fully saturated rings. The minimum absolute atomic E-state index is 0.494. The van der Waals surface area contributed by atoms with E-state index in [2.05, 4.69) is 79.8 Å². The molecule has 30 heavy (non-hydrogen) atoms. The van der Waals surface area contributed by atoms with E-state index < -0.39 is 10.0 Å². The van der Waals surface area contributed by atoms with Crippen LogP contribution in [0.5, 0.6) is 0 Å². The van der Waals surface area contributed by atoms with Crippen molar-refractivity contribution in [1.29, 1.82) is 0 Å². The zero-order chi connectivity index (χ0) is 21.3. The van der Waals surface area contributed by atoms with E-state index in [1.54, 1.807) is 0 Å². The van der Waals surface area contributed by atoms with Gasteiger partial charge >= 0.3 is 0 Å². The molecule has 0 spiro atoms. The van der Waals surface area contributed by atoms with Crippen LogP contribution in [0.2, 0.25) is 0 Å². The summed E-state index contributed by atoms with van der Waals surface area (Å²) in [6.45, 7) is 3.54. The Morgan fingerprint density at radius 2 is 1.93 bits per heavy atom. The Kier molecular flexibility index (Phi) is 6.58. The van der Waals surface area contributed by atoms with Gasteiger partial charge in [0.05, 0.1) is 24.5 Å². The zero-order valence-corrected chi connectivity index (χ0v) is 20.7. The van der Waals surface area contributed by atoms with E-state index in [-0.39, 0.29) is 0 Å². The average Bonchev–Trinajstić information content (AvgIpc) is 3.29. The quantitative estimate of drug-likeness (QED) is 0.356. The van der Waals surface area contributed by atoms with Crippen molar-refractivity contribution in [2.75, 3.05) is 51.3 Å². The summed E-state index contributed by atoms with van der Waals surface area (Å²) in [5.74, 6) is 1.12. The van der Waals surface area contributed by atoms with Gasteiger partial charge in [-0.3, -0.25) is 0 Å². The van der Waals surface area contributed by atoms with Crippen molar-refractivity contribution in [2.45, 2.75) is 25.6 Å². The monoisotopic (exact) mass is 493 g/mol. The first-order chi connectivity index (χ1) is 14.3. The van der Waals surface area contributed by atoms with E-state index in [4.69, 9.17) is 4.74 Å². The number of aromatic nitrogens is 4. The normalized spacial score (nSPS) is 17.1. The average molecular weight is 495 g/mol. The highest BCUT2D eigenvalue weighted by Crippen LogP contribution is 2.36. The fourth-order valence-corrected chi connectivity index (χ4v) is 4.92. The van der Waals surface area contributed by atoms with Crippen LogP contribution >= 0.6 is 26.0 Å². The molecule has 3 aromatic heterocycles. The molecular weight excluding hydrogens is 462 g/mol. The number of nitrogens with zero attached hydrogens (tertiary/aromatic N) is 5. The predicted octanol–water partition coefficient (Wildman–Crippen LogP) is 4.60. The van der Waals surface area contributed by atoms with Gasteiger partial charge in [0.2, 0.25) is 0 Å². The van der Waals surface area contributed by atoms with E-state index in [0.29, 0.717) is 12.8 Å². The molecule has 0 amide bonds. The lowest BCUT2D eigenvalue weighted by atomic mass is 10.1. The molecule has 164 valence electrons. The molecule has 6 nitrogen and oxygen atoms in total. The second-order valence-electron chi connectivity index (χ2n) is 9.11. The van der Waals surface area contributed by atoms with Crippen LogP contribution in [-0.2, 0) is 11.5 Å². The van der Waals surface area contributed by atoms with Crippen molar-refractivity contribution < 1.29 is 4.74 Å². The minimum Gasteiger partial charge on any atom is -0.358 e. The molecule has 4 rings (SSSR count). The fourth-order valence-electron chi connectivity index (χ4n) is 3.97. The Labute approximate surface area is 189 Å². The molecular formula is C22H32BrN5OS. The Morgan fingerprint density at radius 1 is 1.17 bits per heavy atom. The van der Waals surface area contributed by atoms with Gasteiger partial charge in [0, 0.05) is 40.7 Å². The molecule has 0 bridgehead atoms. The van der Waals surface area contributed by atoms with E-state index in [1.807, 2.05) is 17.1 Å². The number of halogens is 1. The smallest absolute Gasteiger partial charge is 0.139 e. The Balaban J connectivity index is 1.57. The fraction of sp³-hybridized carbons (Fsp3) is 0.545. The third-order valence-corrected chi connectivity index (χ3v) is 7.60. The van der Waals surface area contributed by atoms with Crippen molar-refractivity contribution >= 4 is 36.9 Å². The molecule has 4 heterocycles. The Bertz CT molecular complexity index is 1000. The van der Waals surface area contributed by atoms with Crippen LogP contribution in [0.3, 0.4) is 0 Å². The molecule has 8 heteroatoms. The minimum atomic E-state index is -0.527. The first-order valence-electron chi connectivity index (χ1n) is 10.4. The summed E-state index contributed by atoms with van der Waals surface area (Å²) in [5.41, 5.74) is 3.52. The molecule has 0 atom stereocenters. The van der Waals surface area contributed by atoms with Crippen LogP contribution < -0.4 is 0 Å². The predicted molar refractivity (Wildman–Crippen MR) is 131 cm³/mol. The number of piperidine rings is 1. The molecule has 3 aromatic rings. The molecule has 0 aromatic carbocycles. The molecule has 0 radical (unpaired) electrons. The third kappa shape index (κ3) is 5.10. The van der Waals surface area contributed by atoms with Crippen LogP contribution in [0, 0.1) is 0 Å². The zero-order valence-electron chi connectivity index (χ0n) is 18.3. The standard InChI is InChI=1S/C22H32BrN5OS/c1-26-7-5-18(6-8-26)28-15-20(19-11-22(23)24-13-21(19)28)17-12-25-27(14-17)16-29-9-10-30(2,3)4/h11-15,18H,5-10,16H2,1-4H3. The summed E-state index contributed by atoms with van der Waals surface area (Å²) in [6.07, 6.45) is 17.6. The molecule has 1 aliphatic heterocycles. The van der Waals surface area contributed by atoms with Gasteiger partial charge in [0.1, 0.15) is 11.3 Å². The van der Waals surface area contributed by atoms with E-state index in [1.165, 1.54) is 29.3 Å². The molecule has 0 aliphatic carbocycles. The van der Waals surface area contributed by atoms with E-state index in [9.17, 15) is 0 Å². The molecule has 1 saturated heterocycles. The summed E-state index contributed by atoms with van der Waals surface area (Å²) in [6, 6.07) is 2.63. The van der Waals surface area contributed by atoms with Crippen LogP contribution in [0.15, 0.2) is 35.5 Å². The van der Waals surface area contributed by atoms with E-state index >= 15 is 0 Å². The third-order valence-electron chi connectivity index (χ3n) is 5.78. The highest BCUT2D eigenvalue weighted by atomic mass is 79.9. The topological polar surface area (TPSA) is 48.1 Å². The molecule has 0 unspecified atom stereocenters. The largest absolute Gasteiger partial charge is 0.358 e. The number of hydrogen-bond donors (Lipinski definition) is 0. The highest BCUT2D eigenvalue weighted by molar-refractivity contribution is 9.10. The van der Waals surface area contributed by atoms with Gasteiger partial charge in [-0.15, -0.1) is 0 Å². The van der Waals surface area contributed by atoms with E-state index in [0.717, 1.165) is 35.6 Å². The Hall–Kier alpha value is -1.35. The van der Waals surface area contributed by atoms with Crippen molar-refractivity contribution in [1.82, 2.24) is 24.2 Å². The molecule has 0 N–H and O–H groups in total. The van der Waals surface area contributed by atoms with Gasteiger partial charge in [-0.05, 0) is 73.7 Å². The highest BCUT2D eigenvalue weighted by Gasteiger charge is 2.22. The van der Waals surface area contributed by atoms with Crippen LogP contribution in [0.1, 0.15) is 18.9 Å². The van der Waals surface area contributed by atoms with Gasteiger partial charge in [-0.1, -0.05) is 0 Å². The van der Waals surface area contributed by atoms with Gasteiger partial charge in [0.25, 0.3) is 0 Å². The number of pyridine rings is 1. The second kappa shape index (κ2) is 9.02. The van der Waals surface area contributed by atoms with Crippen molar-refractivity contribution in [2.24, 2.45) is 0 Å². The van der Waals surface area contributed by atoms with Gasteiger partial charge < -0.3 is 14.2 Å². The van der Waals surface area contributed by atoms with Crippen molar-refractivity contribution in [3.8, 4) is 11.1 Å². The number of rotatable bonds is 7. The SMILES string of the molecule is CN1CCC(n2cc(-c3cnn(COCCS(C)(C)C)c3)c3cc(Br)ncc32)CC1. The first kappa shape index (κ1) is 21.9. The van der Waals surface area contributed by atoms with Crippen molar-refractivity contribution in [3.63, 3.8) is 0 Å². The lowest BCUT2D eigenvalue weighted by molar-refractivity contribution is 0.0809.